The molecule has 0 amide bonds. The highest BCUT2D eigenvalue weighted by molar-refractivity contribution is 4.80. The minimum Gasteiger partial charge on any atom is -0.316 e. The maximum absolute atomic E-state index is 3.74. The van der Waals surface area contributed by atoms with Crippen molar-refractivity contribution in [3.63, 3.8) is 0 Å². The second kappa shape index (κ2) is 5.13. The summed E-state index contributed by atoms with van der Waals surface area (Å²) in [5, 5.41) is 7.22. The van der Waals surface area contributed by atoms with Crippen LogP contribution in [0.2, 0.25) is 0 Å². The van der Waals surface area contributed by atoms with E-state index in [2.05, 4.69) is 17.6 Å². The summed E-state index contributed by atoms with van der Waals surface area (Å²) in [4.78, 5) is 0. The molecule has 1 heterocycles. The van der Waals surface area contributed by atoms with Crippen molar-refractivity contribution in [3.8, 4) is 0 Å². The van der Waals surface area contributed by atoms with Crippen LogP contribution >= 0.6 is 0 Å². The van der Waals surface area contributed by atoms with Gasteiger partial charge in [0, 0.05) is 6.04 Å². The van der Waals surface area contributed by atoms with E-state index in [4.69, 9.17) is 0 Å². The van der Waals surface area contributed by atoms with Gasteiger partial charge in [0.15, 0.2) is 0 Å². The van der Waals surface area contributed by atoms with Gasteiger partial charge in [-0.1, -0.05) is 6.92 Å². The molecule has 2 N–H and O–H groups in total. The average molecular weight is 196 g/mol. The minimum atomic E-state index is 0.826. The van der Waals surface area contributed by atoms with Gasteiger partial charge in [-0.15, -0.1) is 0 Å². The van der Waals surface area contributed by atoms with E-state index < -0.39 is 0 Å². The standard InChI is InChI=1S/C12H24N2/c1-10-4-5-12(7-10)14-9-11-3-2-6-13-8-11/h10-14H,2-9H2,1H3. The third-order valence-corrected chi connectivity index (χ3v) is 3.79. The zero-order valence-electron chi connectivity index (χ0n) is 9.39. The molecule has 1 saturated carbocycles. The van der Waals surface area contributed by atoms with Crippen molar-refractivity contribution in [3.05, 3.63) is 0 Å². The van der Waals surface area contributed by atoms with E-state index in [0.29, 0.717) is 0 Å². The van der Waals surface area contributed by atoms with E-state index in [1.165, 1.54) is 51.7 Å². The van der Waals surface area contributed by atoms with E-state index in [1.54, 1.807) is 0 Å². The van der Waals surface area contributed by atoms with Crippen LogP contribution in [0.1, 0.15) is 39.0 Å². The molecule has 1 aliphatic heterocycles. The Morgan fingerprint density at radius 1 is 1.29 bits per heavy atom. The fourth-order valence-electron chi connectivity index (χ4n) is 2.82. The van der Waals surface area contributed by atoms with Gasteiger partial charge in [-0.05, 0) is 63.6 Å². The molecule has 14 heavy (non-hydrogen) atoms. The van der Waals surface area contributed by atoms with Gasteiger partial charge in [0.1, 0.15) is 0 Å². The highest BCUT2D eigenvalue weighted by atomic mass is 14.9. The molecule has 1 aliphatic carbocycles. The first-order valence-electron chi connectivity index (χ1n) is 6.28. The summed E-state index contributed by atoms with van der Waals surface area (Å²) in [6.07, 6.45) is 7.03. The predicted octanol–water partition coefficient (Wildman–Crippen LogP) is 1.76. The molecule has 3 unspecified atom stereocenters. The summed E-state index contributed by atoms with van der Waals surface area (Å²) in [6.45, 7) is 6.08. The number of rotatable bonds is 3. The van der Waals surface area contributed by atoms with Crippen molar-refractivity contribution in [1.29, 1.82) is 0 Å². The Labute approximate surface area is 87.8 Å². The molecule has 1 saturated heterocycles. The smallest absolute Gasteiger partial charge is 0.00698 e. The van der Waals surface area contributed by atoms with Gasteiger partial charge in [-0.25, -0.2) is 0 Å². The summed E-state index contributed by atoms with van der Waals surface area (Å²) >= 11 is 0. The molecule has 0 radical (unpaired) electrons. The summed E-state index contributed by atoms with van der Waals surface area (Å²) in [5.74, 6) is 1.84. The number of hydrogen-bond donors (Lipinski definition) is 2. The molecular formula is C12H24N2. The zero-order valence-corrected chi connectivity index (χ0v) is 9.39. The molecule has 0 aromatic carbocycles. The molecule has 2 heteroatoms. The Balaban J connectivity index is 1.61. The molecule has 2 aliphatic rings. The third-order valence-electron chi connectivity index (χ3n) is 3.79. The normalized spacial score (nSPS) is 38.8. The molecule has 2 fully saturated rings. The number of hydrogen-bond acceptors (Lipinski definition) is 2. The Kier molecular flexibility index (Phi) is 3.82. The van der Waals surface area contributed by atoms with Crippen LogP contribution in [0.15, 0.2) is 0 Å². The lowest BCUT2D eigenvalue weighted by molar-refractivity contribution is 0.341. The molecular weight excluding hydrogens is 172 g/mol. The molecule has 0 aromatic heterocycles. The minimum absolute atomic E-state index is 0.826. The van der Waals surface area contributed by atoms with Gasteiger partial charge in [0.05, 0.1) is 0 Å². The highest BCUT2D eigenvalue weighted by Crippen LogP contribution is 2.24. The van der Waals surface area contributed by atoms with Crippen LogP contribution in [-0.4, -0.2) is 25.7 Å². The van der Waals surface area contributed by atoms with E-state index in [0.717, 1.165) is 17.9 Å². The molecule has 0 bridgehead atoms. The van der Waals surface area contributed by atoms with Crippen molar-refractivity contribution >= 4 is 0 Å². The summed E-state index contributed by atoms with van der Waals surface area (Å²) in [7, 11) is 0. The van der Waals surface area contributed by atoms with Gasteiger partial charge in [-0.2, -0.15) is 0 Å². The SMILES string of the molecule is CC1CCC(NCC2CCCNC2)C1. The average Bonchev–Trinajstić information content (AvgIpc) is 2.63. The molecule has 0 spiro atoms. The molecule has 2 nitrogen and oxygen atoms in total. The Bertz CT molecular complexity index is 159. The van der Waals surface area contributed by atoms with Crippen LogP contribution < -0.4 is 10.6 Å². The van der Waals surface area contributed by atoms with Crippen molar-refractivity contribution < 1.29 is 0 Å². The Hall–Kier alpha value is -0.0800. The van der Waals surface area contributed by atoms with E-state index >= 15 is 0 Å². The van der Waals surface area contributed by atoms with Crippen molar-refractivity contribution in [2.24, 2.45) is 11.8 Å². The monoisotopic (exact) mass is 196 g/mol. The fraction of sp³-hybridized carbons (Fsp3) is 1.00. The van der Waals surface area contributed by atoms with Crippen LogP contribution in [0.4, 0.5) is 0 Å². The van der Waals surface area contributed by atoms with Gasteiger partial charge in [0.25, 0.3) is 0 Å². The Morgan fingerprint density at radius 3 is 2.86 bits per heavy atom. The predicted molar refractivity (Wildman–Crippen MR) is 60.4 cm³/mol. The molecule has 82 valence electrons. The maximum Gasteiger partial charge on any atom is 0.00698 e. The maximum atomic E-state index is 3.74. The van der Waals surface area contributed by atoms with Gasteiger partial charge in [-0.3, -0.25) is 0 Å². The summed E-state index contributed by atoms with van der Waals surface area (Å²) < 4.78 is 0. The molecule has 3 atom stereocenters. The fourth-order valence-corrected chi connectivity index (χ4v) is 2.82. The topological polar surface area (TPSA) is 24.1 Å². The number of piperidine rings is 1. The first kappa shape index (κ1) is 10.4. The Morgan fingerprint density at radius 2 is 2.21 bits per heavy atom. The number of nitrogens with one attached hydrogen (secondary N) is 2. The lowest BCUT2D eigenvalue weighted by Crippen LogP contribution is -2.39. The van der Waals surface area contributed by atoms with Crippen molar-refractivity contribution in [2.75, 3.05) is 19.6 Å². The third kappa shape index (κ3) is 2.96. The van der Waals surface area contributed by atoms with Crippen LogP contribution in [-0.2, 0) is 0 Å². The van der Waals surface area contributed by atoms with Crippen molar-refractivity contribution in [2.45, 2.75) is 45.1 Å². The van der Waals surface area contributed by atoms with Crippen LogP contribution in [0, 0.1) is 11.8 Å². The van der Waals surface area contributed by atoms with E-state index in [9.17, 15) is 0 Å². The van der Waals surface area contributed by atoms with E-state index in [1.807, 2.05) is 0 Å². The zero-order chi connectivity index (χ0) is 9.80. The van der Waals surface area contributed by atoms with Gasteiger partial charge in [0.2, 0.25) is 0 Å². The second-order valence-electron chi connectivity index (χ2n) is 5.24. The van der Waals surface area contributed by atoms with Crippen LogP contribution in [0.5, 0.6) is 0 Å². The molecule has 0 aromatic rings. The summed E-state index contributed by atoms with van der Waals surface area (Å²) in [5.41, 5.74) is 0. The molecule has 2 rings (SSSR count). The lowest BCUT2D eigenvalue weighted by Gasteiger charge is -2.24. The van der Waals surface area contributed by atoms with Crippen LogP contribution in [0.25, 0.3) is 0 Å². The van der Waals surface area contributed by atoms with Crippen molar-refractivity contribution in [1.82, 2.24) is 10.6 Å². The van der Waals surface area contributed by atoms with Gasteiger partial charge >= 0.3 is 0 Å². The van der Waals surface area contributed by atoms with Crippen LogP contribution in [0.3, 0.4) is 0 Å². The van der Waals surface area contributed by atoms with Gasteiger partial charge < -0.3 is 10.6 Å². The first-order chi connectivity index (χ1) is 6.84. The quantitative estimate of drug-likeness (QED) is 0.719. The highest BCUT2D eigenvalue weighted by Gasteiger charge is 2.22. The first-order valence-corrected chi connectivity index (χ1v) is 6.28. The largest absolute Gasteiger partial charge is 0.316 e. The lowest BCUT2D eigenvalue weighted by atomic mass is 9.99. The van der Waals surface area contributed by atoms with E-state index in [-0.39, 0.29) is 0 Å². The summed E-state index contributed by atoms with van der Waals surface area (Å²) in [6, 6.07) is 0.826. The second-order valence-corrected chi connectivity index (χ2v) is 5.24.